The Morgan fingerprint density at radius 3 is 2.15 bits per heavy atom. The second kappa shape index (κ2) is 14.5. The van der Waals surface area contributed by atoms with Crippen LogP contribution in [-0.4, -0.2) is 64.1 Å². The number of hydrogen-bond donors (Lipinski definition) is 2. The van der Waals surface area contributed by atoms with Crippen molar-refractivity contribution in [2.75, 3.05) is 31.1 Å². The van der Waals surface area contributed by atoms with E-state index in [2.05, 4.69) is 36.3 Å². The number of aromatic nitrogens is 1. The number of carboxylic acid groups (broad SMARTS) is 2. The molecule has 1 aliphatic rings. The third kappa shape index (κ3) is 8.53. The van der Waals surface area contributed by atoms with Crippen LogP contribution in [0.15, 0.2) is 35.7 Å². The molecule has 0 radical (unpaired) electrons. The SMILES string of the molecule is CCN(CC)CCCN(C(=O)C1CCCCC1)c1nc(-c2ccccc2)cs1.O=C(O)C(=O)O. The highest BCUT2D eigenvalue weighted by atomic mass is 32.1. The molecule has 1 aromatic carbocycles. The van der Waals surface area contributed by atoms with Crippen molar-refractivity contribution in [1.82, 2.24) is 9.88 Å². The van der Waals surface area contributed by atoms with Gasteiger partial charge >= 0.3 is 11.9 Å². The predicted octanol–water partition coefficient (Wildman–Crippen LogP) is 4.61. The Morgan fingerprint density at radius 1 is 0.971 bits per heavy atom. The summed E-state index contributed by atoms with van der Waals surface area (Å²) in [6.45, 7) is 8.29. The Balaban J connectivity index is 0.000000604. The maximum Gasteiger partial charge on any atom is 0.414 e. The highest BCUT2D eigenvalue weighted by molar-refractivity contribution is 7.14. The Kier molecular flexibility index (Phi) is 11.7. The topological polar surface area (TPSA) is 111 Å². The molecule has 0 spiro atoms. The van der Waals surface area contributed by atoms with Crippen molar-refractivity contribution in [3.63, 3.8) is 0 Å². The molecule has 34 heavy (non-hydrogen) atoms. The number of carbonyl (C=O) groups excluding carboxylic acids is 1. The minimum Gasteiger partial charge on any atom is -0.473 e. The van der Waals surface area contributed by atoms with Crippen molar-refractivity contribution in [2.45, 2.75) is 52.4 Å². The monoisotopic (exact) mass is 489 g/mol. The summed E-state index contributed by atoms with van der Waals surface area (Å²) in [5.41, 5.74) is 2.07. The van der Waals surface area contributed by atoms with Gasteiger partial charge in [-0.2, -0.15) is 0 Å². The molecule has 0 saturated heterocycles. The van der Waals surface area contributed by atoms with E-state index in [9.17, 15) is 4.79 Å². The summed E-state index contributed by atoms with van der Waals surface area (Å²) in [5.74, 6) is -3.19. The maximum absolute atomic E-state index is 13.3. The zero-order valence-corrected chi connectivity index (χ0v) is 20.8. The lowest BCUT2D eigenvalue weighted by atomic mass is 9.88. The molecular formula is C25H35N3O5S. The normalized spacial score (nSPS) is 13.7. The summed E-state index contributed by atoms with van der Waals surface area (Å²) < 4.78 is 0. The summed E-state index contributed by atoms with van der Waals surface area (Å²) in [6.07, 6.45) is 6.67. The first-order chi connectivity index (χ1) is 16.4. The Morgan fingerprint density at radius 2 is 1.59 bits per heavy atom. The van der Waals surface area contributed by atoms with Crippen molar-refractivity contribution < 1.29 is 24.6 Å². The van der Waals surface area contributed by atoms with E-state index in [1.54, 1.807) is 11.3 Å². The number of thiazole rings is 1. The van der Waals surface area contributed by atoms with E-state index < -0.39 is 11.9 Å². The molecule has 0 atom stereocenters. The smallest absolute Gasteiger partial charge is 0.414 e. The lowest BCUT2D eigenvalue weighted by molar-refractivity contribution is -0.159. The molecule has 1 heterocycles. The van der Waals surface area contributed by atoms with Gasteiger partial charge in [-0.25, -0.2) is 14.6 Å². The highest BCUT2D eigenvalue weighted by Crippen LogP contribution is 2.31. The van der Waals surface area contributed by atoms with Gasteiger partial charge in [0.25, 0.3) is 0 Å². The van der Waals surface area contributed by atoms with Crippen LogP contribution in [0.3, 0.4) is 0 Å². The van der Waals surface area contributed by atoms with Crippen molar-refractivity contribution >= 4 is 34.3 Å². The average Bonchev–Trinajstić information content (AvgIpc) is 3.35. The zero-order chi connectivity index (χ0) is 24.9. The molecule has 1 aromatic heterocycles. The Hall–Kier alpha value is -2.78. The van der Waals surface area contributed by atoms with E-state index >= 15 is 0 Å². The molecule has 3 rings (SSSR count). The van der Waals surface area contributed by atoms with Gasteiger partial charge in [0.1, 0.15) is 0 Å². The molecule has 1 fully saturated rings. The van der Waals surface area contributed by atoms with Gasteiger partial charge in [0, 0.05) is 23.4 Å². The van der Waals surface area contributed by atoms with Crippen LogP contribution in [0.4, 0.5) is 5.13 Å². The van der Waals surface area contributed by atoms with E-state index in [4.69, 9.17) is 24.8 Å². The van der Waals surface area contributed by atoms with Crippen LogP contribution in [-0.2, 0) is 14.4 Å². The van der Waals surface area contributed by atoms with Gasteiger partial charge in [-0.15, -0.1) is 11.3 Å². The summed E-state index contributed by atoms with van der Waals surface area (Å²) in [7, 11) is 0. The molecule has 0 bridgehead atoms. The zero-order valence-electron chi connectivity index (χ0n) is 20.0. The first-order valence-corrected chi connectivity index (χ1v) is 12.8. The van der Waals surface area contributed by atoms with E-state index in [-0.39, 0.29) is 11.8 Å². The van der Waals surface area contributed by atoms with E-state index in [0.717, 1.165) is 61.8 Å². The van der Waals surface area contributed by atoms with Crippen molar-refractivity contribution in [3.8, 4) is 11.3 Å². The fourth-order valence-corrected chi connectivity index (χ4v) is 4.86. The summed E-state index contributed by atoms with van der Waals surface area (Å²) in [6, 6.07) is 10.2. The van der Waals surface area contributed by atoms with Crippen molar-refractivity contribution in [2.24, 2.45) is 5.92 Å². The average molecular weight is 490 g/mol. The fourth-order valence-electron chi connectivity index (χ4n) is 3.99. The Bertz CT molecular complexity index is 896. The van der Waals surface area contributed by atoms with Crippen molar-refractivity contribution in [1.29, 1.82) is 0 Å². The fraction of sp³-hybridized carbons (Fsp3) is 0.520. The van der Waals surface area contributed by atoms with Crippen LogP contribution in [0.25, 0.3) is 11.3 Å². The first-order valence-electron chi connectivity index (χ1n) is 11.9. The number of carboxylic acids is 2. The highest BCUT2D eigenvalue weighted by Gasteiger charge is 2.28. The predicted molar refractivity (Wildman–Crippen MR) is 134 cm³/mol. The number of amides is 1. The minimum absolute atomic E-state index is 0.172. The molecule has 1 aliphatic carbocycles. The van der Waals surface area contributed by atoms with E-state index in [0.29, 0.717) is 0 Å². The molecule has 186 valence electrons. The molecular weight excluding hydrogens is 454 g/mol. The minimum atomic E-state index is -1.82. The number of anilines is 1. The summed E-state index contributed by atoms with van der Waals surface area (Å²) in [4.78, 5) is 40.8. The summed E-state index contributed by atoms with van der Waals surface area (Å²) in [5, 5.41) is 17.7. The second-order valence-electron chi connectivity index (χ2n) is 8.20. The third-order valence-electron chi connectivity index (χ3n) is 5.95. The van der Waals surface area contributed by atoms with E-state index in [1.165, 1.54) is 19.3 Å². The second-order valence-corrected chi connectivity index (χ2v) is 9.03. The summed E-state index contributed by atoms with van der Waals surface area (Å²) >= 11 is 1.60. The third-order valence-corrected chi connectivity index (χ3v) is 6.81. The van der Waals surface area contributed by atoms with Gasteiger partial charge in [-0.05, 0) is 38.9 Å². The number of carbonyl (C=O) groups is 3. The van der Waals surface area contributed by atoms with Gasteiger partial charge in [0.05, 0.1) is 5.69 Å². The molecule has 1 amide bonds. The van der Waals surface area contributed by atoms with Crippen molar-refractivity contribution in [3.05, 3.63) is 35.7 Å². The molecule has 0 aliphatic heterocycles. The molecule has 2 aromatic rings. The van der Waals surface area contributed by atoms with Gasteiger partial charge in [-0.1, -0.05) is 63.4 Å². The first kappa shape index (κ1) is 27.5. The molecule has 8 nitrogen and oxygen atoms in total. The van der Waals surface area contributed by atoms with Gasteiger partial charge in [0.15, 0.2) is 5.13 Å². The molecule has 0 unspecified atom stereocenters. The number of aliphatic carboxylic acids is 2. The van der Waals surface area contributed by atoms with E-state index in [1.807, 2.05) is 23.1 Å². The van der Waals surface area contributed by atoms with Crippen LogP contribution in [0.1, 0.15) is 52.4 Å². The lowest BCUT2D eigenvalue weighted by Gasteiger charge is -2.28. The number of nitrogens with zero attached hydrogens (tertiary/aromatic N) is 3. The van der Waals surface area contributed by atoms with Crippen LogP contribution in [0, 0.1) is 5.92 Å². The van der Waals surface area contributed by atoms with Gasteiger partial charge < -0.3 is 15.1 Å². The number of benzene rings is 1. The standard InChI is InChI=1S/C23H33N3OS.C2H2O4/c1-3-25(4-2)16-11-17-26(22(27)20-14-9-6-10-15-20)23-24-21(18-28-23)19-12-7-5-8-13-19;3-1(4)2(5)6/h5,7-8,12-13,18,20H,3-4,6,9-11,14-17H2,1-2H3;(H,3,4)(H,5,6). The Labute approximate surface area is 205 Å². The van der Waals surface area contributed by atoms with Crippen LogP contribution < -0.4 is 4.90 Å². The molecule has 1 saturated carbocycles. The van der Waals surface area contributed by atoms with Gasteiger partial charge in [0.2, 0.25) is 5.91 Å². The quantitative estimate of drug-likeness (QED) is 0.495. The van der Waals surface area contributed by atoms with Crippen LogP contribution in [0.5, 0.6) is 0 Å². The van der Waals surface area contributed by atoms with Gasteiger partial charge in [-0.3, -0.25) is 9.69 Å². The number of rotatable bonds is 9. The molecule has 2 N–H and O–H groups in total. The molecule has 9 heteroatoms. The number of hydrogen-bond acceptors (Lipinski definition) is 6. The van der Waals surface area contributed by atoms with Crippen LogP contribution in [0.2, 0.25) is 0 Å². The largest absolute Gasteiger partial charge is 0.473 e. The lowest BCUT2D eigenvalue weighted by Crippen LogP contribution is -2.39. The van der Waals surface area contributed by atoms with Crippen LogP contribution >= 0.6 is 11.3 Å². The maximum atomic E-state index is 13.3.